The lowest BCUT2D eigenvalue weighted by atomic mass is 9.96. The lowest BCUT2D eigenvalue weighted by Gasteiger charge is -2.20. The zero-order chi connectivity index (χ0) is 11.8. The minimum Gasteiger partial charge on any atom is -0.310 e. The highest BCUT2D eigenvalue weighted by atomic mass is 14.9. The van der Waals surface area contributed by atoms with Gasteiger partial charge in [0.05, 0.1) is 0 Å². The first-order chi connectivity index (χ1) is 7.79. The van der Waals surface area contributed by atoms with Crippen LogP contribution in [-0.2, 0) is 0 Å². The first kappa shape index (κ1) is 13.2. The third kappa shape index (κ3) is 3.97. The molecule has 0 aromatic heterocycles. The van der Waals surface area contributed by atoms with E-state index in [0.29, 0.717) is 6.04 Å². The average Bonchev–Trinajstić information content (AvgIpc) is 2.29. The molecule has 0 fully saturated rings. The maximum Gasteiger partial charge on any atom is 0.0322 e. The first-order valence-electron chi connectivity index (χ1n) is 6.58. The van der Waals surface area contributed by atoms with Crippen molar-refractivity contribution in [2.45, 2.75) is 52.5 Å². The van der Waals surface area contributed by atoms with Crippen LogP contribution in [-0.4, -0.2) is 6.54 Å². The van der Waals surface area contributed by atoms with Crippen molar-refractivity contribution in [1.82, 2.24) is 5.32 Å². The molecule has 0 aliphatic heterocycles. The maximum atomic E-state index is 3.60. The van der Waals surface area contributed by atoms with Crippen LogP contribution < -0.4 is 5.32 Å². The summed E-state index contributed by atoms with van der Waals surface area (Å²) >= 11 is 0. The van der Waals surface area contributed by atoms with E-state index in [1.54, 1.807) is 0 Å². The van der Waals surface area contributed by atoms with Crippen molar-refractivity contribution < 1.29 is 0 Å². The Morgan fingerprint density at radius 3 is 2.50 bits per heavy atom. The number of hydrogen-bond acceptors (Lipinski definition) is 1. The summed E-state index contributed by atoms with van der Waals surface area (Å²) in [6.07, 6.45) is 5.22. The van der Waals surface area contributed by atoms with Crippen LogP contribution in [0.3, 0.4) is 0 Å². The predicted molar refractivity (Wildman–Crippen MR) is 71.7 cm³/mol. The molecule has 1 nitrogen and oxygen atoms in total. The van der Waals surface area contributed by atoms with Crippen LogP contribution in [0.15, 0.2) is 24.3 Å². The van der Waals surface area contributed by atoms with Crippen molar-refractivity contribution in [3.05, 3.63) is 35.4 Å². The Balaban J connectivity index is 2.65. The largest absolute Gasteiger partial charge is 0.310 e. The van der Waals surface area contributed by atoms with Crippen LogP contribution in [0.5, 0.6) is 0 Å². The summed E-state index contributed by atoms with van der Waals surface area (Å²) in [7, 11) is 0. The first-order valence-corrected chi connectivity index (χ1v) is 6.58. The van der Waals surface area contributed by atoms with Gasteiger partial charge in [-0.05, 0) is 31.0 Å². The van der Waals surface area contributed by atoms with Crippen LogP contribution in [0, 0.1) is 6.92 Å². The molecular formula is C15H25N. The molecule has 0 aliphatic carbocycles. The van der Waals surface area contributed by atoms with Crippen LogP contribution >= 0.6 is 0 Å². The summed E-state index contributed by atoms with van der Waals surface area (Å²) in [5, 5.41) is 3.60. The van der Waals surface area contributed by atoms with Gasteiger partial charge in [-0.3, -0.25) is 0 Å². The topological polar surface area (TPSA) is 12.0 Å². The van der Waals surface area contributed by atoms with Crippen LogP contribution in [0.2, 0.25) is 0 Å². The molecule has 90 valence electrons. The van der Waals surface area contributed by atoms with E-state index < -0.39 is 0 Å². The van der Waals surface area contributed by atoms with Gasteiger partial charge in [0, 0.05) is 6.04 Å². The van der Waals surface area contributed by atoms with Crippen molar-refractivity contribution in [2.75, 3.05) is 6.54 Å². The standard InChI is InChI=1S/C15H25N/c1-4-6-7-12-15(16-5-2)14-11-9-8-10-13(14)3/h8-11,15-16H,4-7,12H2,1-3H3. The van der Waals surface area contributed by atoms with Gasteiger partial charge in [-0.15, -0.1) is 0 Å². The molecule has 1 unspecified atom stereocenters. The van der Waals surface area contributed by atoms with Gasteiger partial charge < -0.3 is 5.32 Å². The van der Waals surface area contributed by atoms with Gasteiger partial charge in [-0.1, -0.05) is 57.4 Å². The summed E-state index contributed by atoms with van der Waals surface area (Å²) in [5.74, 6) is 0. The van der Waals surface area contributed by atoms with Crippen molar-refractivity contribution in [3.8, 4) is 0 Å². The lowest BCUT2D eigenvalue weighted by Crippen LogP contribution is -2.21. The molecule has 0 saturated carbocycles. The Bertz CT molecular complexity index is 293. The van der Waals surface area contributed by atoms with Crippen LogP contribution in [0.25, 0.3) is 0 Å². The summed E-state index contributed by atoms with van der Waals surface area (Å²) in [5.41, 5.74) is 2.88. The van der Waals surface area contributed by atoms with E-state index in [4.69, 9.17) is 0 Å². The van der Waals surface area contributed by atoms with E-state index in [0.717, 1.165) is 6.54 Å². The highest BCUT2D eigenvalue weighted by Gasteiger charge is 2.11. The van der Waals surface area contributed by atoms with E-state index in [1.807, 2.05) is 0 Å². The number of rotatable bonds is 7. The van der Waals surface area contributed by atoms with Crippen molar-refractivity contribution in [2.24, 2.45) is 0 Å². The third-order valence-corrected chi connectivity index (χ3v) is 3.11. The molecule has 0 bridgehead atoms. The Hall–Kier alpha value is -0.820. The Kier molecular flexibility index (Phi) is 6.17. The molecule has 1 heteroatoms. The number of benzene rings is 1. The summed E-state index contributed by atoms with van der Waals surface area (Å²) in [6, 6.07) is 9.27. The molecule has 1 aromatic carbocycles. The molecule has 0 aliphatic rings. The zero-order valence-electron chi connectivity index (χ0n) is 10.9. The second-order valence-electron chi connectivity index (χ2n) is 4.46. The van der Waals surface area contributed by atoms with E-state index in [-0.39, 0.29) is 0 Å². The minimum absolute atomic E-state index is 0.540. The monoisotopic (exact) mass is 219 g/mol. The fourth-order valence-electron chi connectivity index (χ4n) is 2.19. The highest BCUT2D eigenvalue weighted by molar-refractivity contribution is 5.28. The molecular weight excluding hydrogens is 194 g/mol. The number of hydrogen-bond donors (Lipinski definition) is 1. The van der Waals surface area contributed by atoms with E-state index >= 15 is 0 Å². The molecule has 0 heterocycles. The fourth-order valence-corrected chi connectivity index (χ4v) is 2.19. The molecule has 1 rings (SSSR count). The third-order valence-electron chi connectivity index (χ3n) is 3.11. The highest BCUT2D eigenvalue weighted by Crippen LogP contribution is 2.22. The van der Waals surface area contributed by atoms with Gasteiger partial charge in [0.25, 0.3) is 0 Å². The maximum absolute atomic E-state index is 3.60. The van der Waals surface area contributed by atoms with E-state index in [2.05, 4.69) is 50.4 Å². The SMILES string of the molecule is CCCCCC(NCC)c1ccccc1C. The van der Waals surface area contributed by atoms with Gasteiger partial charge in [-0.25, -0.2) is 0 Å². The van der Waals surface area contributed by atoms with Gasteiger partial charge in [0.1, 0.15) is 0 Å². The molecule has 1 N–H and O–H groups in total. The van der Waals surface area contributed by atoms with Crippen LogP contribution in [0.4, 0.5) is 0 Å². The molecule has 0 spiro atoms. The summed E-state index contributed by atoms with van der Waals surface area (Å²) in [6.45, 7) is 7.70. The lowest BCUT2D eigenvalue weighted by molar-refractivity contribution is 0.485. The molecule has 1 atom stereocenters. The number of aryl methyl sites for hydroxylation is 1. The smallest absolute Gasteiger partial charge is 0.0322 e. The minimum atomic E-state index is 0.540. The van der Waals surface area contributed by atoms with Crippen molar-refractivity contribution >= 4 is 0 Å². The van der Waals surface area contributed by atoms with Crippen molar-refractivity contribution in [1.29, 1.82) is 0 Å². The van der Waals surface area contributed by atoms with Crippen LogP contribution in [0.1, 0.15) is 56.7 Å². The number of nitrogens with one attached hydrogen (secondary N) is 1. The van der Waals surface area contributed by atoms with Gasteiger partial charge in [0.15, 0.2) is 0 Å². The Labute approximate surface area is 100 Å². The quantitative estimate of drug-likeness (QED) is 0.677. The second kappa shape index (κ2) is 7.45. The van der Waals surface area contributed by atoms with Crippen molar-refractivity contribution in [3.63, 3.8) is 0 Å². The van der Waals surface area contributed by atoms with Gasteiger partial charge in [0.2, 0.25) is 0 Å². The molecule has 16 heavy (non-hydrogen) atoms. The molecule has 0 saturated heterocycles. The van der Waals surface area contributed by atoms with Gasteiger partial charge in [-0.2, -0.15) is 0 Å². The summed E-state index contributed by atoms with van der Waals surface area (Å²) in [4.78, 5) is 0. The molecule has 0 amide bonds. The van der Waals surface area contributed by atoms with E-state index in [1.165, 1.54) is 36.8 Å². The Morgan fingerprint density at radius 1 is 1.12 bits per heavy atom. The second-order valence-corrected chi connectivity index (χ2v) is 4.46. The molecule has 0 radical (unpaired) electrons. The normalized spacial score (nSPS) is 12.7. The number of unbranched alkanes of at least 4 members (excludes halogenated alkanes) is 2. The van der Waals surface area contributed by atoms with E-state index in [9.17, 15) is 0 Å². The average molecular weight is 219 g/mol. The Morgan fingerprint density at radius 2 is 1.88 bits per heavy atom. The molecule has 1 aromatic rings. The fraction of sp³-hybridized carbons (Fsp3) is 0.600. The van der Waals surface area contributed by atoms with Gasteiger partial charge >= 0.3 is 0 Å². The summed E-state index contributed by atoms with van der Waals surface area (Å²) < 4.78 is 0. The predicted octanol–water partition coefficient (Wildman–Crippen LogP) is 4.23. The zero-order valence-corrected chi connectivity index (χ0v) is 10.9.